The topological polar surface area (TPSA) is 30.5 Å². The Balaban J connectivity index is 0. The molecule has 0 radical (unpaired) electrons. The van der Waals surface area contributed by atoms with E-state index in [2.05, 4.69) is 26.1 Å². The first kappa shape index (κ1) is 12.9. The minimum atomic E-state index is 0. The quantitative estimate of drug-likeness (QED) is 0.562. The Kier molecular flexibility index (Phi) is 9.87. The highest BCUT2D eigenvalue weighted by atomic mass is 16.5. The van der Waals surface area contributed by atoms with Crippen LogP contribution in [0.2, 0.25) is 0 Å². The number of hydrogen-bond donors (Lipinski definition) is 1. The molecule has 3 heteroatoms. The van der Waals surface area contributed by atoms with Gasteiger partial charge in [-0.25, -0.2) is 0 Å². The molecule has 0 saturated carbocycles. The first-order valence-corrected chi connectivity index (χ1v) is 5.16. The molecule has 0 aliphatic heterocycles. The molecule has 0 aliphatic carbocycles. The average molecular weight is 191 g/mol. The molecule has 0 spiro atoms. The number of ether oxygens (including phenoxy) is 2. The third-order valence-electron chi connectivity index (χ3n) is 1.52. The number of rotatable bonds is 9. The van der Waals surface area contributed by atoms with Gasteiger partial charge >= 0.3 is 0 Å². The van der Waals surface area contributed by atoms with Crippen molar-refractivity contribution in [2.45, 2.75) is 33.2 Å². The summed E-state index contributed by atoms with van der Waals surface area (Å²) in [5, 5.41) is 3.28. The van der Waals surface area contributed by atoms with Gasteiger partial charge in [0.2, 0.25) is 0 Å². The molecule has 0 aliphatic rings. The Morgan fingerprint density at radius 3 is 2.23 bits per heavy atom. The van der Waals surface area contributed by atoms with Crippen molar-refractivity contribution >= 4 is 0 Å². The summed E-state index contributed by atoms with van der Waals surface area (Å²) in [6, 6.07) is 0.542. The largest absolute Gasteiger partial charge is 0.379 e. The van der Waals surface area contributed by atoms with Crippen molar-refractivity contribution in [3.05, 3.63) is 0 Å². The second-order valence-electron chi connectivity index (χ2n) is 3.33. The van der Waals surface area contributed by atoms with Crippen LogP contribution in [-0.4, -0.2) is 39.0 Å². The fraction of sp³-hybridized carbons (Fsp3) is 1.00. The van der Waals surface area contributed by atoms with Crippen LogP contribution < -0.4 is 5.32 Å². The molecule has 0 amide bonds. The van der Waals surface area contributed by atoms with E-state index in [1.54, 1.807) is 0 Å². The van der Waals surface area contributed by atoms with Gasteiger partial charge in [-0.15, -0.1) is 0 Å². The molecule has 0 aromatic carbocycles. The van der Waals surface area contributed by atoms with Gasteiger partial charge in [-0.1, -0.05) is 20.8 Å². The van der Waals surface area contributed by atoms with Crippen molar-refractivity contribution in [3.8, 4) is 0 Å². The summed E-state index contributed by atoms with van der Waals surface area (Å²) in [5.41, 5.74) is 0. The molecule has 0 aromatic rings. The molecule has 1 N–H and O–H groups in total. The highest BCUT2D eigenvalue weighted by Gasteiger charge is 1.91. The van der Waals surface area contributed by atoms with Crippen LogP contribution in [0.3, 0.4) is 0 Å². The van der Waals surface area contributed by atoms with E-state index in [1.807, 2.05) is 0 Å². The lowest BCUT2D eigenvalue weighted by Gasteiger charge is -2.08. The molecule has 0 heterocycles. The summed E-state index contributed by atoms with van der Waals surface area (Å²) < 4.78 is 10.6. The lowest BCUT2D eigenvalue weighted by molar-refractivity contribution is 0.0487. The van der Waals surface area contributed by atoms with Crippen LogP contribution in [0.1, 0.15) is 28.6 Å². The van der Waals surface area contributed by atoms with Crippen LogP contribution in [0.25, 0.3) is 0 Å². The van der Waals surface area contributed by atoms with Gasteiger partial charge in [0, 0.05) is 20.6 Å². The molecule has 0 unspecified atom stereocenters. The molecule has 82 valence electrons. The van der Waals surface area contributed by atoms with E-state index in [0.717, 1.165) is 32.8 Å². The zero-order chi connectivity index (χ0) is 9.94. The van der Waals surface area contributed by atoms with Crippen molar-refractivity contribution in [1.82, 2.24) is 5.32 Å². The normalized spacial score (nSPS) is 11.1. The minimum Gasteiger partial charge on any atom is -0.379 e. The summed E-state index contributed by atoms with van der Waals surface area (Å²) in [5.74, 6) is 0. The van der Waals surface area contributed by atoms with Gasteiger partial charge in [-0.3, -0.25) is 0 Å². The smallest absolute Gasteiger partial charge is 0.0701 e. The molecule has 0 aromatic heterocycles. The van der Waals surface area contributed by atoms with Gasteiger partial charge in [0.15, 0.2) is 0 Å². The zero-order valence-corrected chi connectivity index (χ0v) is 9.14. The number of hydrogen-bond acceptors (Lipinski definition) is 3. The fourth-order valence-electron chi connectivity index (χ4n) is 0.886. The summed E-state index contributed by atoms with van der Waals surface area (Å²) in [6.07, 6.45) is 1.08. The predicted octanol–water partition coefficient (Wildman–Crippen LogP) is 1.67. The Morgan fingerprint density at radius 2 is 1.69 bits per heavy atom. The first-order chi connectivity index (χ1) is 6.27. The second-order valence-corrected chi connectivity index (χ2v) is 3.33. The standard InChI is InChI=1S/C10H23NO2.H2/c1-4-6-12-8-9-13-7-5-11-10(2)3;/h10-11H,4-9H2,1-3H3;1H. The van der Waals surface area contributed by atoms with Crippen LogP contribution in [0.4, 0.5) is 0 Å². The average Bonchev–Trinajstić information content (AvgIpc) is 2.09. The Bertz CT molecular complexity index is 102. The maximum absolute atomic E-state index is 5.34. The van der Waals surface area contributed by atoms with Crippen molar-refractivity contribution in [1.29, 1.82) is 0 Å². The first-order valence-electron chi connectivity index (χ1n) is 5.16. The highest BCUT2D eigenvalue weighted by Crippen LogP contribution is 1.82. The summed E-state index contributed by atoms with van der Waals surface area (Å²) in [6.45, 7) is 10.3. The van der Waals surface area contributed by atoms with E-state index in [1.165, 1.54) is 0 Å². The van der Waals surface area contributed by atoms with E-state index >= 15 is 0 Å². The molecular formula is C10H25NO2. The Labute approximate surface area is 83.3 Å². The molecule has 0 bridgehead atoms. The molecule has 3 nitrogen and oxygen atoms in total. The molecule has 0 atom stereocenters. The van der Waals surface area contributed by atoms with Crippen molar-refractivity contribution in [2.24, 2.45) is 0 Å². The third kappa shape index (κ3) is 11.9. The van der Waals surface area contributed by atoms with Crippen LogP contribution in [0.5, 0.6) is 0 Å². The van der Waals surface area contributed by atoms with E-state index in [-0.39, 0.29) is 1.43 Å². The molecule has 13 heavy (non-hydrogen) atoms. The van der Waals surface area contributed by atoms with Crippen LogP contribution in [-0.2, 0) is 9.47 Å². The second kappa shape index (κ2) is 9.96. The lowest BCUT2D eigenvalue weighted by atomic mass is 10.4. The maximum atomic E-state index is 5.34. The SMILES string of the molecule is CCCOCCOCCNC(C)C.[HH]. The van der Waals surface area contributed by atoms with Crippen LogP contribution >= 0.6 is 0 Å². The monoisotopic (exact) mass is 191 g/mol. The van der Waals surface area contributed by atoms with E-state index < -0.39 is 0 Å². The van der Waals surface area contributed by atoms with Gasteiger partial charge in [0.05, 0.1) is 19.8 Å². The number of nitrogens with one attached hydrogen (secondary N) is 1. The van der Waals surface area contributed by atoms with Crippen LogP contribution in [0.15, 0.2) is 0 Å². The minimum absolute atomic E-state index is 0. The van der Waals surface area contributed by atoms with Gasteiger partial charge in [0.25, 0.3) is 0 Å². The van der Waals surface area contributed by atoms with Gasteiger partial charge in [0.1, 0.15) is 0 Å². The molecular weight excluding hydrogens is 166 g/mol. The van der Waals surface area contributed by atoms with E-state index in [4.69, 9.17) is 9.47 Å². The predicted molar refractivity (Wildman–Crippen MR) is 57.2 cm³/mol. The summed E-state index contributed by atoms with van der Waals surface area (Å²) >= 11 is 0. The summed E-state index contributed by atoms with van der Waals surface area (Å²) in [7, 11) is 0. The Hall–Kier alpha value is -0.120. The van der Waals surface area contributed by atoms with Crippen molar-refractivity contribution in [3.63, 3.8) is 0 Å². The van der Waals surface area contributed by atoms with Gasteiger partial charge < -0.3 is 14.8 Å². The van der Waals surface area contributed by atoms with E-state index in [0.29, 0.717) is 12.6 Å². The third-order valence-corrected chi connectivity index (χ3v) is 1.52. The summed E-state index contributed by atoms with van der Waals surface area (Å²) in [4.78, 5) is 0. The Morgan fingerprint density at radius 1 is 1.08 bits per heavy atom. The zero-order valence-electron chi connectivity index (χ0n) is 9.14. The maximum Gasteiger partial charge on any atom is 0.0701 e. The lowest BCUT2D eigenvalue weighted by Crippen LogP contribution is -2.27. The molecule has 0 saturated heterocycles. The van der Waals surface area contributed by atoms with Crippen molar-refractivity contribution in [2.75, 3.05) is 33.0 Å². The van der Waals surface area contributed by atoms with E-state index in [9.17, 15) is 0 Å². The van der Waals surface area contributed by atoms with Crippen molar-refractivity contribution < 1.29 is 10.9 Å². The molecule has 0 rings (SSSR count). The van der Waals surface area contributed by atoms with Gasteiger partial charge in [-0.05, 0) is 6.42 Å². The molecule has 0 fully saturated rings. The highest BCUT2D eigenvalue weighted by molar-refractivity contribution is 4.50. The van der Waals surface area contributed by atoms with Gasteiger partial charge in [-0.2, -0.15) is 0 Å². The fourth-order valence-corrected chi connectivity index (χ4v) is 0.886. The van der Waals surface area contributed by atoms with Crippen LogP contribution in [0, 0.1) is 0 Å².